The Bertz CT molecular complexity index is 991. The van der Waals surface area contributed by atoms with Crippen LogP contribution in [0.25, 0.3) is 0 Å². The maximum atomic E-state index is 11.7. The van der Waals surface area contributed by atoms with E-state index in [0.717, 1.165) is 30.4 Å². The lowest BCUT2D eigenvalue weighted by Gasteiger charge is -2.43. The monoisotopic (exact) mass is 398 g/mol. The highest BCUT2D eigenvalue weighted by Gasteiger charge is 2.56. The Hall–Kier alpha value is -2.60. The first-order valence-corrected chi connectivity index (χ1v) is 9.90. The SMILES string of the molecule is O=C(O)c1ccc([C@@H]2Nc3c(Cl)ccc([N+](=O)[O-])c3[C@@H]3[C@H]4CC[C@@H](C4)[C@H]32)cc1. The summed E-state index contributed by atoms with van der Waals surface area (Å²) in [7, 11) is 0. The number of nitrogens with one attached hydrogen (secondary N) is 1. The molecule has 0 saturated heterocycles. The fourth-order valence-electron chi connectivity index (χ4n) is 5.86. The van der Waals surface area contributed by atoms with Gasteiger partial charge in [-0.05, 0) is 60.8 Å². The van der Waals surface area contributed by atoms with Gasteiger partial charge in [-0.2, -0.15) is 0 Å². The molecule has 7 heteroatoms. The lowest BCUT2D eigenvalue weighted by Crippen LogP contribution is -2.36. The minimum absolute atomic E-state index is 0.0323. The number of halogens is 1. The molecular formula is C21H19ClN2O4. The van der Waals surface area contributed by atoms with E-state index in [4.69, 9.17) is 11.6 Å². The van der Waals surface area contributed by atoms with Crippen LogP contribution in [-0.2, 0) is 0 Å². The van der Waals surface area contributed by atoms with Gasteiger partial charge < -0.3 is 10.4 Å². The third-order valence-corrected chi connectivity index (χ3v) is 7.20. The van der Waals surface area contributed by atoms with Gasteiger partial charge in [0, 0.05) is 12.0 Å². The highest BCUT2D eigenvalue weighted by Crippen LogP contribution is 2.65. The number of carboxylic acids is 1. The summed E-state index contributed by atoms with van der Waals surface area (Å²) in [4.78, 5) is 22.6. The van der Waals surface area contributed by atoms with Crippen molar-refractivity contribution >= 4 is 28.9 Å². The van der Waals surface area contributed by atoms with Gasteiger partial charge in [-0.1, -0.05) is 23.7 Å². The van der Waals surface area contributed by atoms with Crippen LogP contribution in [0.15, 0.2) is 36.4 Å². The zero-order chi connectivity index (χ0) is 19.6. The second-order valence-corrected chi connectivity index (χ2v) is 8.51. The number of rotatable bonds is 3. The van der Waals surface area contributed by atoms with E-state index in [-0.39, 0.29) is 34.1 Å². The van der Waals surface area contributed by atoms with E-state index in [2.05, 4.69) is 5.32 Å². The van der Waals surface area contributed by atoms with Crippen LogP contribution < -0.4 is 5.32 Å². The van der Waals surface area contributed by atoms with Crippen LogP contribution in [0.3, 0.4) is 0 Å². The lowest BCUT2D eigenvalue weighted by molar-refractivity contribution is -0.385. The van der Waals surface area contributed by atoms with E-state index in [1.54, 1.807) is 18.2 Å². The second kappa shape index (κ2) is 6.21. The molecule has 2 saturated carbocycles. The Labute approximate surface area is 166 Å². The van der Waals surface area contributed by atoms with Gasteiger partial charge in [0.2, 0.25) is 0 Å². The van der Waals surface area contributed by atoms with Crippen molar-refractivity contribution in [2.45, 2.75) is 31.2 Å². The van der Waals surface area contributed by atoms with E-state index >= 15 is 0 Å². The van der Waals surface area contributed by atoms with Gasteiger partial charge in [0.25, 0.3) is 5.69 Å². The van der Waals surface area contributed by atoms with Crippen LogP contribution in [0.4, 0.5) is 11.4 Å². The molecule has 144 valence electrons. The number of anilines is 1. The number of nitro benzene ring substituents is 1. The van der Waals surface area contributed by atoms with Crippen LogP contribution >= 0.6 is 11.6 Å². The molecule has 2 aliphatic carbocycles. The summed E-state index contributed by atoms with van der Waals surface area (Å²) < 4.78 is 0. The second-order valence-electron chi connectivity index (χ2n) is 8.10. The number of aromatic carboxylic acids is 1. The quantitative estimate of drug-likeness (QED) is 0.544. The molecule has 1 aliphatic heterocycles. The number of nitrogens with zero attached hydrogens (tertiary/aromatic N) is 1. The Kier molecular flexibility index (Phi) is 3.88. The van der Waals surface area contributed by atoms with E-state index in [9.17, 15) is 20.0 Å². The lowest BCUT2D eigenvalue weighted by atomic mass is 9.67. The minimum atomic E-state index is -0.954. The molecule has 6 nitrogen and oxygen atoms in total. The Morgan fingerprint density at radius 2 is 1.86 bits per heavy atom. The molecule has 0 spiro atoms. The van der Waals surface area contributed by atoms with Gasteiger partial charge in [-0.25, -0.2) is 4.79 Å². The van der Waals surface area contributed by atoms with Gasteiger partial charge in [0.1, 0.15) is 0 Å². The first kappa shape index (κ1) is 17.5. The number of carboxylic acid groups (broad SMARTS) is 1. The third kappa shape index (κ3) is 2.44. The number of hydrogen-bond donors (Lipinski definition) is 2. The fourth-order valence-corrected chi connectivity index (χ4v) is 6.08. The van der Waals surface area contributed by atoms with Crippen molar-refractivity contribution in [3.8, 4) is 0 Å². The summed E-state index contributed by atoms with van der Waals surface area (Å²) in [5, 5.41) is 24.9. The summed E-state index contributed by atoms with van der Waals surface area (Å²) in [6.07, 6.45) is 3.32. The van der Waals surface area contributed by atoms with E-state index in [1.807, 2.05) is 12.1 Å². The Morgan fingerprint density at radius 3 is 2.54 bits per heavy atom. The third-order valence-electron chi connectivity index (χ3n) is 6.88. The zero-order valence-corrected chi connectivity index (χ0v) is 15.7. The fraction of sp³-hybridized carbons (Fsp3) is 0.381. The molecule has 0 amide bonds. The highest BCUT2D eigenvalue weighted by molar-refractivity contribution is 6.33. The van der Waals surface area contributed by atoms with Crippen molar-refractivity contribution in [2.24, 2.45) is 17.8 Å². The van der Waals surface area contributed by atoms with Crippen LogP contribution in [0.2, 0.25) is 5.02 Å². The molecule has 5 atom stereocenters. The number of nitro groups is 1. The molecule has 5 rings (SSSR count). The van der Waals surface area contributed by atoms with Crippen molar-refractivity contribution in [1.82, 2.24) is 0 Å². The maximum Gasteiger partial charge on any atom is 0.335 e. The van der Waals surface area contributed by atoms with Crippen molar-refractivity contribution in [1.29, 1.82) is 0 Å². The topological polar surface area (TPSA) is 92.5 Å². The summed E-state index contributed by atoms with van der Waals surface area (Å²) in [5.41, 5.74) is 2.82. The van der Waals surface area contributed by atoms with Crippen LogP contribution in [0.1, 0.15) is 52.7 Å². The molecule has 0 radical (unpaired) electrons. The van der Waals surface area contributed by atoms with E-state index in [1.165, 1.54) is 6.07 Å². The summed E-state index contributed by atoms with van der Waals surface area (Å²) >= 11 is 6.47. The molecule has 2 aromatic carbocycles. The predicted octanol–water partition coefficient (Wildman–Crippen LogP) is 5.24. The average molecular weight is 399 g/mol. The first-order chi connectivity index (χ1) is 13.5. The van der Waals surface area contributed by atoms with Crippen molar-refractivity contribution in [2.75, 3.05) is 5.32 Å². The molecule has 3 aliphatic rings. The summed E-state index contributed by atoms with van der Waals surface area (Å²) in [6, 6.07) is 10.0. The standard InChI is InChI=1S/C21H19ClN2O4/c22-14-7-8-15(24(27)28)18-16-12-5-6-13(9-12)17(16)19(23-20(14)18)10-1-3-11(4-2-10)21(25)26/h1-4,7-8,12-13,16-17,19,23H,5-6,9H2,(H,25,26)/t12-,13-,16+,17+,19-/m0/s1. The van der Waals surface area contributed by atoms with Crippen LogP contribution in [0, 0.1) is 27.9 Å². The summed E-state index contributed by atoms with van der Waals surface area (Å²) in [6.45, 7) is 0. The molecule has 1 heterocycles. The molecule has 0 unspecified atom stereocenters. The normalized spacial score (nSPS) is 29.7. The molecule has 28 heavy (non-hydrogen) atoms. The van der Waals surface area contributed by atoms with Crippen molar-refractivity contribution < 1.29 is 14.8 Å². The molecule has 2 bridgehead atoms. The zero-order valence-electron chi connectivity index (χ0n) is 15.0. The number of benzene rings is 2. The van der Waals surface area contributed by atoms with Crippen LogP contribution in [0.5, 0.6) is 0 Å². The van der Waals surface area contributed by atoms with E-state index < -0.39 is 5.97 Å². The number of carbonyl (C=O) groups is 1. The maximum absolute atomic E-state index is 11.7. The highest BCUT2D eigenvalue weighted by atomic mass is 35.5. The van der Waals surface area contributed by atoms with Gasteiger partial charge >= 0.3 is 5.97 Å². The minimum Gasteiger partial charge on any atom is -0.478 e. The molecule has 2 N–H and O–H groups in total. The van der Waals surface area contributed by atoms with Crippen LogP contribution in [-0.4, -0.2) is 16.0 Å². The average Bonchev–Trinajstić information content (AvgIpc) is 3.30. The Balaban J connectivity index is 1.65. The smallest absolute Gasteiger partial charge is 0.335 e. The molecule has 2 aromatic rings. The van der Waals surface area contributed by atoms with Crippen molar-refractivity contribution in [3.63, 3.8) is 0 Å². The Morgan fingerprint density at radius 1 is 1.14 bits per heavy atom. The largest absolute Gasteiger partial charge is 0.478 e. The molecule has 0 aromatic heterocycles. The molecule has 2 fully saturated rings. The van der Waals surface area contributed by atoms with Gasteiger partial charge in [-0.3, -0.25) is 10.1 Å². The summed E-state index contributed by atoms with van der Waals surface area (Å²) in [5.74, 6) is 0.356. The number of hydrogen-bond acceptors (Lipinski definition) is 4. The predicted molar refractivity (Wildman–Crippen MR) is 105 cm³/mol. The van der Waals surface area contributed by atoms with Gasteiger partial charge in [0.15, 0.2) is 0 Å². The van der Waals surface area contributed by atoms with Gasteiger partial charge in [0.05, 0.1) is 32.8 Å². The van der Waals surface area contributed by atoms with Crippen molar-refractivity contribution in [3.05, 3.63) is 68.2 Å². The molecular weight excluding hydrogens is 380 g/mol. The number of fused-ring (bicyclic) bond motifs is 7. The van der Waals surface area contributed by atoms with Gasteiger partial charge in [-0.15, -0.1) is 0 Å². The van der Waals surface area contributed by atoms with E-state index in [0.29, 0.717) is 22.5 Å². The first-order valence-electron chi connectivity index (χ1n) is 9.52.